The van der Waals surface area contributed by atoms with Crippen LogP contribution < -0.4 is 15.0 Å². The lowest BCUT2D eigenvalue weighted by Crippen LogP contribution is -2.38. The number of methoxy groups -OCH3 is 1. The summed E-state index contributed by atoms with van der Waals surface area (Å²) >= 11 is 11.8. The average Bonchev–Trinajstić information content (AvgIpc) is 3.09. The van der Waals surface area contributed by atoms with Gasteiger partial charge >= 0.3 is 0 Å². The summed E-state index contributed by atoms with van der Waals surface area (Å²) in [4.78, 5) is 29.8. The van der Waals surface area contributed by atoms with Gasteiger partial charge in [-0.2, -0.15) is 0 Å². The molecule has 0 radical (unpaired) electrons. The molecule has 1 unspecified atom stereocenters. The molecule has 1 heterocycles. The Kier molecular flexibility index (Phi) is 8.00. The molecule has 0 bridgehead atoms. The molecule has 35 heavy (non-hydrogen) atoms. The molecule has 8 heteroatoms. The van der Waals surface area contributed by atoms with Crippen LogP contribution in [0.3, 0.4) is 0 Å². The first-order valence-electron chi connectivity index (χ1n) is 11.3. The summed E-state index contributed by atoms with van der Waals surface area (Å²) in [6.07, 6.45) is 1.63. The number of benzene rings is 3. The van der Waals surface area contributed by atoms with Crippen LogP contribution in [0.15, 0.2) is 78.9 Å². The zero-order chi connectivity index (χ0) is 24.8. The summed E-state index contributed by atoms with van der Waals surface area (Å²) < 4.78 is 5.16. The van der Waals surface area contributed by atoms with E-state index in [1.54, 1.807) is 55.6 Å². The largest absolute Gasteiger partial charge is 0.497 e. The molecule has 3 aromatic carbocycles. The Bertz CT molecular complexity index is 1190. The molecule has 0 aromatic heterocycles. The lowest BCUT2D eigenvalue weighted by atomic mass is 10.1. The fraction of sp³-hybridized carbons (Fsp3) is 0.222. The number of hydrogen-bond acceptors (Lipinski definition) is 4. The summed E-state index contributed by atoms with van der Waals surface area (Å²) in [5.74, 6) is 0.215. The Morgan fingerprint density at radius 1 is 1.03 bits per heavy atom. The first-order valence-corrected chi connectivity index (χ1v) is 12.1. The highest BCUT2D eigenvalue weighted by Crippen LogP contribution is 2.29. The summed E-state index contributed by atoms with van der Waals surface area (Å²) in [6.45, 7) is 0.560. The van der Waals surface area contributed by atoms with Crippen LogP contribution in [0.5, 0.6) is 5.75 Å². The zero-order valence-corrected chi connectivity index (χ0v) is 20.9. The minimum Gasteiger partial charge on any atom is -0.497 e. The Morgan fingerprint density at radius 2 is 1.71 bits per heavy atom. The molecule has 1 atom stereocenters. The van der Waals surface area contributed by atoms with Crippen LogP contribution in [0, 0.1) is 0 Å². The summed E-state index contributed by atoms with van der Waals surface area (Å²) in [7, 11) is 1.58. The smallest absolute Gasteiger partial charge is 0.256 e. The van der Waals surface area contributed by atoms with Crippen molar-refractivity contribution in [2.45, 2.75) is 25.3 Å². The third kappa shape index (κ3) is 5.99. The van der Waals surface area contributed by atoms with Crippen LogP contribution in [-0.4, -0.2) is 41.5 Å². The van der Waals surface area contributed by atoms with E-state index in [-0.39, 0.29) is 18.2 Å². The van der Waals surface area contributed by atoms with Crippen LogP contribution in [-0.2, 0) is 16.0 Å². The maximum Gasteiger partial charge on any atom is 0.256 e. The Morgan fingerprint density at radius 3 is 2.37 bits per heavy atom. The van der Waals surface area contributed by atoms with Crippen LogP contribution >= 0.6 is 23.8 Å². The van der Waals surface area contributed by atoms with Crippen LogP contribution in [0.1, 0.15) is 18.4 Å². The van der Waals surface area contributed by atoms with Gasteiger partial charge in [0.1, 0.15) is 11.8 Å². The van der Waals surface area contributed by atoms with Crippen LogP contribution in [0.2, 0.25) is 5.02 Å². The number of nitrogens with zero attached hydrogens (tertiary/aromatic N) is 2. The average molecular weight is 508 g/mol. The predicted molar refractivity (Wildman–Crippen MR) is 143 cm³/mol. The lowest BCUT2D eigenvalue weighted by molar-refractivity contribution is -0.124. The Hall–Kier alpha value is -3.42. The second-order valence-electron chi connectivity index (χ2n) is 8.21. The molecule has 180 valence electrons. The molecule has 0 spiro atoms. The zero-order valence-electron chi connectivity index (χ0n) is 19.3. The lowest BCUT2D eigenvalue weighted by Gasteiger charge is -2.24. The second kappa shape index (κ2) is 11.3. The van der Waals surface area contributed by atoms with E-state index in [0.29, 0.717) is 33.8 Å². The van der Waals surface area contributed by atoms with E-state index in [9.17, 15) is 9.59 Å². The van der Waals surface area contributed by atoms with Gasteiger partial charge in [-0.1, -0.05) is 41.9 Å². The highest BCUT2D eigenvalue weighted by atomic mass is 35.5. The standard InChI is InChI=1S/C27H26ClN3O3S/c1-34-23-15-11-21(12-16-23)29-25(32)18-24-26(33)31(22-13-9-20(28)10-14-22)27(35)30(24)17-5-8-19-6-3-2-4-7-19/h2-4,6-7,9-16,24H,5,8,17-18H2,1H3,(H,29,32). The number of hydrogen-bond donors (Lipinski definition) is 1. The molecule has 2 amide bonds. The predicted octanol–water partition coefficient (Wildman–Crippen LogP) is 5.31. The molecule has 6 nitrogen and oxygen atoms in total. The molecule has 1 aliphatic rings. The van der Waals surface area contributed by atoms with Crippen molar-refractivity contribution < 1.29 is 14.3 Å². The number of thiocarbonyl (C=S) groups is 1. The van der Waals surface area contributed by atoms with E-state index < -0.39 is 6.04 Å². The maximum atomic E-state index is 13.5. The van der Waals surface area contributed by atoms with E-state index in [4.69, 9.17) is 28.6 Å². The minimum absolute atomic E-state index is 0.0135. The van der Waals surface area contributed by atoms with Crippen molar-refractivity contribution in [1.82, 2.24) is 4.90 Å². The molecule has 0 aliphatic carbocycles. The van der Waals surface area contributed by atoms with Gasteiger partial charge in [0.25, 0.3) is 5.91 Å². The number of halogens is 1. The van der Waals surface area contributed by atoms with E-state index in [1.807, 2.05) is 23.1 Å². The molecular formula is C27H26ClN3O3S. The van der Waals surface area contributed by atoms with Crippen molar-refractivity contribution in [1.29, 1.82) is 0 Å². The number of carbonyl (C=O) groups excluding carboxylic acids is 2. The quantitative estimate of drug-likeness (QED) is 0.397. The van der Waals surface area contributed by atoms with Gasteiger partial charge in [-0.3, -0.25) is 14.5 Å². The van der Waals surface area contributed by atoms with Gasteiger partial charge in [0.15, 0.2) is 5.11 Å². The number of aryl methyl sites for hydroxylation is 1. The molecule has 3 aromatic rings. The molecule has 1 N–H and O–H groups in total. The highest BCUT2D eigenvalue weighted by molar-refractivity contribution is 7.80. The number of carbonyl (C=O) groups is 2. The Balaban J connectivity index is 1.50. The first kappa shape index (κ1) is 24.7. The molecule has 1 saturated heterocycles. The second-order valence-corrected chi connectivity index (χ2v) is 9.01. The number of ether oxygens (including phenoxy) is 1. The third-order valence-electron chi connectivity index (χ3n) is 5.86. The normalized spacial score (nSPS) is 15.4. The van der Waals surface area contributed by atoms with Gasteiger partial charge in [0, 0.05) is 17.3 Å². The molecular weight excluding hydrogens is 482 g/mol. The van der Waals surface area contributed by atoms with Gasteiger partial charge in [-0.15, -0.1) is 0 Å². The summed E-state index contributed by atoms with van der Waals surface area (Å²) in [5.41, 5.74) is 2.48. The van der Waals surface area contributed by atoms with Crippen molar-refractivity contribution in [3.63, 3.8) is 0 Å². The maximum absolute atomic E-state index is 13.5. The van der Waals surface area contributed by atoms with Crippen LogP contribution in [0.25, 0.3) is 0 Å². The molecule has 0 saturated carbocycles. The summed E-state index contributed by atoms with van der Waals surface area (Å²) in [5, 5.41) is 3.83. The number of rotatable bonds is 9. The highest BCUT2D eigenvalue weighted by Gasteiger charge is 2.43. The van der Waals surface area contributed by atoms with Gasteiger partial charge in [0.05, 0.1) is 19.2 Å². The topological polar surface area (TPSA) is 61.9 Å². The summed E-state index contributed by atoms with van der Waals surface area (Å²) in [6, 6.07) is 23.5. The van der Waals surface area contributed by atoms with Crippen molar-refractivity contribution in [2.24, 2.45) is 0 Å². The van der Waals surface area contributed by atoms with Gasteiger partial charge in [-0.05, 0) is 79.2 Å². The Labute approximate surface area is 215 Å². The monoisotopic (exact) mass is 507 g/mol. The first-order chi connectivity index (χ1) is 17.0. The minimum atomic E-state index is -0.688. The van der Waals surface area contributed by atoms with Gasteiger partial charge in [0.2, 0.25) is 5.91 Å². The number of amides is 2. The van der Waals surface area contributed by atoms with Crippen molar-refractivity contribution in [2.75, 3.05) is 23.9 Å². The van der Waals surface area contributed by atoms with Gasteiger partial charge < -0.3 is 15.0 Å². The fourth-order valence-corrected chi connectivity index (χ4v) is 4.62. The molecule has 4 rings (SSSR count). The van der Waals surface area contributed by atoms with E-state index in [0.717, 1.165) is 12.8 Å². The molecule has 1 aliphatic heterocycles. The number of nitrogens with one attached hydrogen (secondary N) is 1. The molecule has 1 fully saturated rings. The van der Waals surface area contributed by atoms with Crippen molar-refractivity contribution in [3.05, 3.63) is 89.4 Å². The van der Waals surface area contributed by atoms with E-state index in [1.165, 1.54) is 10.5 Å². The van der Waals surface area contributed by atoms with Gasteiger partial charge in [-0.25, -0.2) is 0 Å². The van der Waals surface area contributed by atoms with Crippen LogP contribution in [0.4, 0.5) is 11.4 Å². The third-order valence-corrected chi connectivity index (χ3v) is 6.53. The fourth-order valence-electron chi connectivity index (χ4n) is 4.08. The SMILES string of the molecule is COc1ccc(NC(=O)CC2C(=O)N(c3ccc(Cl)cc3)C(=S)N2CCCc2ccccc2)cc1. The van der Waals surface area contributed by atoms with E-state index in [2.05, 4.69) is 17.4 Å². The van der Waals surface area contributed by atoms with Crippen molar-refractivity contribution >= 4 is 52.1 Å². The van der Waals surface area contributed by atoms with Crippen molar-refractivity contribution in [3.8, 4) is 5.75 Å². The van der Waals surface area contributed by atoms with E-state index >= 15 is 0 Å². The number of anilines is 2.